The van der Waals surface area contributed by atoms with Crippen LogP contribution in [0.5, 0.6) is 0 Å². The maximum absolute atomic E-state index is 12.9. The molecule has 0 aromatic carbocycles. The van der Waals surface area contributed by atoms with E-state index < -0.39 is 6.10 Å². The van der Waals surface area contributed by atoms with Crippen molar-refractivity contribution < 1.29 is 28.6 Å². The first-order chi connectivity index (χ1) is 41.0. The van der Waals surface area contributed by atoms with E-state index in [2.05, 4.69) is 167 Å². The molecule has 0 aromatic rings. The molecule has 1 atom stereocenters. The van der Waals surface area contributed by atoms with Crippen LogP contribution in [0, 0.1) is 0 Å². The van der Waals surface area contributed by atoms with Gasteiger partial charge in [0.25, 0.3) is 0 Å². The fraction of sp³-hybridized carbons (Fsp3) is 0.649. The van der Waals surface area contributed by atoms with Gasteiger partial charge in [-0.3, -0.25) is 14.4 Å². The predicted molar refractivity (Wildman–Crippen MR) is 362 cm³/mol. The molecule has 6 heteroatoms. The van der Waals surface area contributed by atoms with E-state index in [9.17, 15) is 14.4 Å². The summed E-state index contributed by atoms with van der Waals surface area (Å²) >= 11 is 0. The topological polar surface area (TPSA) is 78.9 Å². The van der Waals surface area contributed by atoms with Gasteiger partial charge in [0, 0.05) is 19.3 Å². The van der Waals surface area contributed by atoms with E-state index >= 15 is 0 Å². The molecular weight excluding hydrogens is 1020 g/mol. The van der Waals surface area contributed by atoms with Crippen LogP contribution >= 0.6 is 0 Å². The van der Waals surface area contributed by atoms with Crippen molar-refractivity contribution in [2.45, 2.75) is 309 Å². The van der Waals surface area contributed by atoms with Gasteiger partial charge >= 0.3 is 17.9 Å². The zero-order valence-corrected chi connectivity index (χ0v) is 53.9. The van der Waals surface area contributed by atoms with Gasteiger partial charge in [-0.25, -0.2) is 0 Å². The lowest BCUT2D eigenvalue weighted by Crippen LogP contribution is -2.30. The van der Waals surface area contributed by atoms with E-state index in [0.717, 1.165) is 161 Å². The Balaban J connectivity index is 4.43. The van der Waals surface area contributed by atoms with Gasteiger partial charge < -0.3 is 14.2 Å². The molecule has 0 N–H and O–H groups in total. The van der Waals surface area contributed by atoms with Gasteiger partial charge in [0.15, 0.2) is 6.10 Å². The highest BCUT2D eigenvalue weighted by atomic mass is 16.6. The van der Waals surface area contributed by atoms with Gasteiger partial charge in [0.1, 0.15) is 13.2 Å². The molecule has 0 rings (SSSR count). The third-order valence-electron chi connectivity index (χ3n) is 14.3. The molecule has 0 amide bonds. The maximum Gasteiger partial charge on any atom is 0.306 e. The number of allylic oxidation sites excluding steroid dienone is 24. The van der Waals surface area contributed by atoms with Crippen LogP contribution in [-0.2, 0) is 28.6 Å². The number of rotatable bonds is 61. The van der Waals surface area contributed by atoms with E-state index in [-0.39, 0.29) is 31.1 Å². The molecule has 1 unspecified atom stereocenters. The molecule has 0 bridgehead atoms. The Bertz CT molecular complexity index is 1800. The zero-order valence-electron chi connectivity index (χ0n) is 53.9. The lowest BCUT2D eigenvalue weighted by molar-refractivity contribution is -0.167. The second-order valence-corrected chi connectivity index (χ2v) is 22.3. The van der Waals surface area contributed by atoms with E-state index in [4.69, 9.17) is 14.2 Å². The zero-order chi connectivity index (χ0) is 59.9. The van der Waals surface area contributed by atoms with Crippen molar-refractivity contribution in [3.8, 4) is 0 Å². The van der Waals surface area contributed by atoms with Crippen LogP contribution in [0.15, 0.2) is 146 Å². The second kappa shape index (κ2) is 69.8. The van der Waals surface area contributed by atoms with Gasteiger partial charge in [0.2, 0.25) is 0 Å². The summed E-state index contributed by atoms with van der Waals surface area (Å²) < 4.78 is 16.9. The Labute approximate surface area is 512 Å². The third kappa shape index (κ3) is 68.0. The number of unbranched alkanes of at least 4 members (excludes halogenated alkanes) is 26. The normalized spacial score (nSPS) is 13.0. The molecule has 0 heterocycles. The standard InChI is InChI=1S/C77H126O6/c1-4-7-10-13-16-19-22-25-28-31-33-35-36-37-38-39-40-42-43-46-49-52-55-58-61-64-67-70-76(79)82-73-74(72-81-75(78)69-66-63-60-57-54-51-48-45-30-27-24-21-18-15-12-9-6-3)83-77(80)71-68-65-62-59-56-53-50-47-44-41-34-32-29-26-23-20-17-14-11-8-5-2/h8-9,11-12,17-18,20-22,25-27,29-31,33-34,36-37,41,47-48,50-51,74H,4-7,10,13-16,19,23-24,28,32,35,38-40,42-46,49,52-73H2,1-3H3/b11-8-,12-9-,20-17-,21-18-,25-22-,29-26-,30-27-,33-31-,37-36-,41-34-,50-47-,51-48-. The Morgan fingerprint density at radius 2 is 0.470 bits per heavy atom. The van der Waals surface area contributed by atoms with Crippen molar-refractivity contribution in [2.75, 3.05) is 13.2 Å². The van der Waals surface area contributed by atoms with E-state index in [0.29, 0.717) is 19.3 Å². The van der Waals surface area contributed by atoms with Crippen LogP contribution in [0.4, 0.5) is 0 Å². The molecule has 0 saturated heterocycles. The molecule has 6 nitrogen and oxygen atoms in total. The minimum Gasteiger partial charge on any atom is -0.462 e. The third-order valence-corrected chi connectivity index (χ3v) is 14.3. The highest BCUT2D eigenvalue weighted by molar-refractivity contribution is 5.71. The summed E-state index contributed by atoms with van der Waals surface area (Å²) in [4.78, 5) is 38.4. The molecule has 0 aliphatic rings. The molecule has 0 radical (unpaired) electrons. The second-order valence-electron chi connectivity index (χ2n) is 22.3. The SMILES string of the molecule is CC/C=C\C/C=C\C/C=C\C/C=C\C/C=C\CCCCCCCC(=O)OC(COC(=O)CCCCCC/C=C\C/C=C\C/C=C\C/C=C\CC)COC(=O)CCCCCCCCCCCCCC/C=C\C/C=C\C/C=C\CCCCCCC. The summed E-state index contributed by atoms with van der Waals surface area (Å²) in [6.07, 6.45) is 100. The number of hydrogen-bond donors (Lipinski definition) is 0. The molecule has 0 aliphatic carbocycles. The van der Waals surface area contributed by atoms with Crippen LogP contribution in [0.1, 0.15) is 303 Å². The summed E-state index contributed by atoms with van der Waals surface area (Å²) in [7, 11) is 0. The van der Waals surface area contributed by atoms with Crippen molar-refractivity contribution >= 4 is 17.9 Å². The van der Waals surface area contributed by atoms with Gasteiger partial charge in [-0.15, -0.1) is 0 Å². The Morgan fingerprint density at radius 3 is 0.735 bits per heavy atom. The summed E-state index contributed by atoms with van der Waals surface area (Å²) in [6, 6.07) is 0. The van der Waals surface area contributed by atoms with Crippen LogP contribution in [0.25, 0.3) is 0 Å². The van der Waals surface area contributed by atoms with Gasteiger partial charge in [0.05, 0.1) is 0 Å². The molecule has 0 fully saturated rings. The molecule has 0 saturated carbocycles. The minimum atomic E-state index is -0.808. The number of carbonyl (C=O) groups is 3. The van der Waals surface area contributed by atoms with Crippen molar-refractivity contribution in [3.63, 3.8) is 0 Å². The summed E-state index contributed by atoms with van der Waals surface area (Å²) in [5, 5.41) is 0. The van der Waals surface area contributed by atoms with Crippen molar-refractivity contribution in [3.05, 3.63) is 146 Å². The van der Waals surface area contributed by atoms with E-state index in [1.54, 1.807) is 0 Å². The first-order valence-electron chi connectivity index (χ1n) is 34.3. The monoisotopic (exact) mass is 1150 g/mol. The lowest BCUT2D eigenvalue weighted by Gasteiger charge is -2.18. The summed E-state index contributed by atoms with van der Waals surface area (Å²) in [5.74, 6) is -0.941. The van der Waals surface area contributed by atoms with Crippen LogP contribution in [0.2, 0.25) is 0 Å². The van der Waals surface area contributed by atoms with Gasteiger partial charge in [-0.05, 0) is 141 Å². The lowest BCUT2D eigenvalue weighted by atomic mass is 10.0. The van der Waals surface area contributed by atoms with Gasteiger partial charge in [-0.1, -0.05) is 289 Å². The fourth-order valence-electron chi connectivity index (χ4n) is 9.23. The van der Waals surface area contributed by atoms with Crippen molar-refractivity contribution in [1.82, 2.24) is 0 Å². The minimum absolute atomic E-state index is 0.0996. The Morgan fingerprint density at radius 1 is 0.253 bits per heavy atom. The number of ether oxygens (including phenoxy) is 3. The highest BCUT2D eigenvalue weighted by Crippen LogP contribution is 2.16. The number of hydrogen-bond acceptors (Lipinski definition) is 6. The highest BCUT2D eigenvalue weighted by Gasteiger charge is 2.19. The van der Waals surface area contributed by atoms with Crippen LogP contribution in [-0.4, -0.2) is 37.2 Å². The van der Waals surface area contributed by atoms with Crippen molar-refractivity contribution in [1.29, 1.82) is 0 Å². The molecule has 0 spiro atoms. The first kappa shape index (κ1) is 78.3. The van der Waals surface area contributed by atoms with Crippen LogP contribution < -0.4 is 0 Å². The smallest absolute Gasteiger partial charge is 0.306 e. The van der Waals surface area contributed by atoms with E-state index in [1.165, 1.54) is 103 Å². The molecule has 83 heavy (non-hydrogen) atoms. The largest absolute Gasteiger partial charge is 0.462 e. The van der Waals surface area contributed by atoms with E-state index in [1.807, 2.05) is 0 Å². The Kier molecular flexibility index (Phi) is 65.8. The molecule has 0 aromatic heterocycles. The van der Waals surface area contributed by atoms with Crippen molar-refractivity contribution in [2.24, 2.45) is 0 Å². The molecule has 470 valence electrons. The first-order valence-corrected chi connectivity index (χ1v) is 34.3. The van der Waals surface area contributed by atoms with Gasteiger partial charge in [-0.2, -0.15) is 0 Å². The quantitative estimate of drug-likeness (QED) is 0.0261. The average Bonchev–Trinajstić information content (AvgIpc) is 3.50. The molecular formula is C77H126O6. The number of esters is 3. The predicted octanol–water partition coefficient (Wildman–Crippen LogP) is 23.9. The fourth-order valence-corrected chi connectivity index (χ4v) is 9.23. The summed E-state index contributed by atoms with van der Waals surface area (Å²) in [6.45, 7) is 6.38. The summed E-state index contributed by atoms with van der Waals surface area (Å²) in [5.41, 5.74) is 0. The number of carbonyl (C=O) groups excluding carboxylic acids is 3. The average molecular weight is 1150 g/mol. The maximum atomic E-state index is 12.9. The van der Waals surface area contributed by atoms with Crippen LogP contribution in [0.3, 0.4) is 0 Å². The Hall–Kier alpha value is -4.71. The molecule has 0 aliphatic heterocycles.